The van der Waals surface area contributed by atoms with Crippen LogP contribution in [-0.4, -0.2) is 50.1 Å². The summed E-state index contributed by atoms with van der Waals surface area (Å²) in [5.74, 6) is 0.319. The Balaban J connectivity index is 1.55. The number of halogens is 1. The van der Waals surface area contributed by atoms with Crippen molar-refractivity contribution in [2.75, 3.05) is 38.7 Å². The van der Waals surface area contributed by atoms with E-state index in [2.05, 4.69) is 5.32 Å². The molecule has 0 bridgehead atoms. The first-order chi connectivity index (χ1) is 14.1. The Labute approximate surface area is 177 Å². The Bertz CT molecular complexity index is 1080. The summed E-state index contributed by atoms with van der Waals surface area (Å²) in [4.78, 5) is 27.6. The minimum absolute atomic E-state index is 0.0728. The molecule has 0 radical (unpaired) electrons. The Morgan fingerprint density at radius 1 is 1.17 bits per heavy atom. The maximum absolute atomic E-state index is 12.8. The number of nitrogens with zero attached hydrogens (tertiary/aromatic N) is 1. The molecule has 4 rings (SSSR count). The van der Waals surface area contributed by atoms with Crippen LogP contribution in [0.15, 0.2) is 42.5 Å². The van der Waals surface area contributed by atoms with E-state index < -0.39 is 0 Å². The van der Waals surface area contributed by atoms with Gasteiger partial charge in [0.05, 0.1) is 25.3 Å². The van der Waals surface area contributed by atoms with Crippen LogP contribution in [0.3, 0.4) is 0 Å². The average molecular weight is 431 g/mol. The first kappa shape index (κ1) is 19.7. The molecule has 2 aromatic carbocycles. The van der Waals surface area contributed by atoms with E-state index in [9.17, 15) is 9.59 Å². The lowest BCUT2D eigenvalue weighted by Gasteiger charge is -2.27. The summed E-state index contributed by atoms with van der Waals surface area (Å²) in [6.07, 6.45) is 0. The number of anilines is 1. The number of methoxy groups -OCH3 is 1. The van der Waals surface area contributed by atoms with Gasteiger partial charge in [-0.25, -0.2) is 0 Å². The normalized spacial score (nSPS) is 14.1. The van der Waals surface area contributed by atoms with Gasteiger partial charge in [-0.3, -0.25) is 9.59 Å². The molecule has 1 aliphatic rings. The molecule has 1 aliphatic heterocycles. The molecule has 2 amide bonds. The number of morpholine rings is 1. The van der Waals surface area contributed by atoms with Crippen molar-refractivity contribution in [3.63, 3.8) is 0 Å². The van der Waals surface area contributed by atoms with Crippen LogP contribution in [0.4, 0.5) is 5.69 Å². The van der Waals surface area contributed by atoms with Crippen LogP contribution < -0.4 is 10.1 Å². The molecule has 3 aromatic rings. The minimum atomic E-state index is -0.314. The van der Waals surface area contributed by atoms with Gasteiger partial charge in [0.25, 0.3) is 11.8 Å². The second kappa shape index (κ2) is 8.41. The van der Waals surface area contributed by atoms with E-state index in [1.54, 1.807) is 36.3 Å². The number of carbonyl (C=O) groups is 2. The predicted molar refractivity (Wildman–Crippen MR) is 115 cm³/mol. The summed E-state index contributed by atoms with van der Waals surface area (Å²) in [5.41, 5.74) is 1.07. The maximum Gasteiger partial charge on any atom is 0.267 e. The Hall–Kier alpha value is -2.61. The van der Waals surface area contributed by atoms with Gasteiger partial charge in [0, 0.05) is 34.4 Å². The third-order valence-electron chi connectivity index (χ3n) is 4.71. The topological polar surface area (TPSA) is 67.9 Å². The number of benzene rings is 2. The largest absolute Gasteiger partial charge is 0.497 e. The number of nitrogens with one attached hydrogen (secondary N) is 1. The van der Waals surface area contributed by atoms with Crippen LogP contribution in [0.5, 0.6) is 5.75 Å². The van der Waals surface area contributed by atoms with E-state index >= 15 is 0 Å². The molecule has 29 heavy (non-hydrogen) atoms. The fourth-order valence-electron chi connectivity index (χ4n) is 3.19. The van der Waals surface area contributed by atoms with Crippen molar-refractivity contribution in [3.8, 4) is 5.75 Å². The van der Waals surface area contributed by atoms with Gasteiger partial charge >= 0.3 is 0 Å². The fraction of sp³-hybridized carbons (Fsp3) is 0.238. The first-order valence-electron chi connectivity index (χ1n) is 9.11. The zero-order valence-corrected chi connectivity index (χ0v) is 17.3. The van der Waals surface area contributed by atoms with Crippen LogP contribution >= 0.6 is 22.9 Å². The zero-order chi connectivity index (χ0) is 20.4. The van der Waals surface area contributed by atoms with Gasteiger partial charge in [-0.05, 0) is 36.4 Å². The highest BCUT2D eigenvalue weighted by atomic mass is 35.5. The summed E-state index contributed by atoms with van der Waals surface area (Å²) in [6.45, 7) is 2.21. The van der Waals surface area contributed by atoms with Crippen molar-refractivity contribution in [3.05, 3.63) is 57.9 Å². The number of ether oxygens (including phenoxy) is 2. The number of hydrogen-bond donors (Lipinski definition) is 1. The Kier molecular flexibility index (Phi) is 5.71. The van der Waals surface area contributed by atoms with Crippen molar-refractivity contribution in [1.82, 2.24) is 4.90 Å². The number of thiophene rings is 1. The number of amides is 2. The molecule has 1 N–H and O–H groups in total. The molecular weight excluding hydrogens is 412 g/mol. The van der Waals surface area contributed by atoms with Crippen molar-refractivity contribution in [2.24, 2.45) is 0 Å². The minimum Gasteiger partial charge on any atom is -0.497 e. The van der Waals surface area contributed by atoms with Gasteiger partial charge in [-0.2, -0.15) is 0 Å². The lowest BCUT2D eigenvalue weighted by atomic mass is 10.1. The molecule has 0 unspecified atom stereocenters. The van der Waals surface area contributed by atoms with Crippen molar-refractivity contribution in [2.45, 2.75) is 0 Å². The third kappa shape index (κ3) is 4.07. The SMILES string of the molecule is COc1ccc2c(Cl)c(C(=O)Nc3cccc(C(=O)N4CCOCC4)c3)sc2c1. The average Bonchev–Trinajstić information content (AvgIpc) is 3.10. The molecular formula is C21H19ClN2O4S. The number of carbonyl (C=O) groups excluding carboxylic acids is 2. The molecule has 0 spiro atoms. The highest BCUT2D eigenvalue weighted by Gasteiger charge is 2.20. The molecule has 8 heteroatoms. The first-order valence-corrected chi connectivity index (χ1v) is 10.3. The molecule has 2 heterocycles. The fourth-order valence-corrected chi connectivity index (χ4v) is 4.63. The lowest BCUT2D eigenvalue weighted by molar-refractivity contribution is 0.0303. The molecule has 0 aliphatic carbocycles. The Morgan fingerprint density at radius 2 is 1.97 bits per heavy atom. The van der Waals surface area contributed by atoms with E-state index in [1.807, 2.05) is 18.2 Å². The quantitative estimate of drug-likeness (QED) is 0.670. The van der Waals surface area contributed by atoms with Gasteiger partial charge in [0.15, 0.2) is 0 Å². The van der Waals surface area contributed by atoms with Crippen LogP contribution in [0.2, 0.25) is 5.02 Å². The summed E-state index contributed by atoms with van der Waals surface area (Å²) < 4.78 is 11.4. The summed E-state index contributed by atoms with van der Waals surface area (Å²) in [5, 5.41) is 4.06. The smallest absolute Gasteiger partial charge is 0.267 e. The van der Waals surface area contributed by atoms with Gasteiger partial charge in [-0.15, -0.1) is 11.3 Å². The monoisotopic (exact) mass is 430 g/mol. The van der Waals surface area contributed by atoms with E-state index in [0.717, 1.165) is 10.1 Å². The second-order valence-corrected chi connectivity index (χ2v) is 7.98. The molecule has 0 saturated carbocycles. The zero-order valence-electron chi connectivity index (χ0n) is 15.7. The van der Waals surface area contributed by atoms with Crippen LogP contribution in [0.1, 0.15) is 20.0 Å². The molecule has 1 fully saturated rings. The molecule has 6 nitrogen and oxygen atoms in total. The van der Waals surface area contributed by atoms with Crippen molar-refractivity contribution < 1.29 is 19.1 Å². The second-order valence-electron chi connectivity index (χ2n) is 6.55. The highest BCUT2D eigenvalue weighted by molar-refractivity contribution is 7.21. The predicted octanol–water partition coefficient (Wildman–Crippen LogP) is 4.29. The molecule has 1 saturated heterocycles. The number of hydrogen-bond acceptors (Lipinski definition) is 5. The van der Waals surface area contributed by atoms with Crippen LogP contribution in [-0.2, 0) is 4.74 Å². The van der Waals surface area contributed by atoms with Gasteiger partial charge in [-0.1, -0.05) is 17.7 Å². The Morgan fingerprint density at radius 3 is 2.72 bits per heavy atom. The van der Waals surface area contributed by atoms with E-state index in [1.165, 1.54) is 11.3 Å². The third-order valence-corrected chi connectivity index (χ3v) is 6.36. The van der Waals surface area contributed by atoms with E-state index in [0.29, 0.717) is 53.2 Å². The van der Waals surface area contributed by atoms with Crippen LogP contribution in [0, 0.1) is 0 Å². The van der Waals surface area contributed by atoms with Crippen LogP contribution in [0.25, 0.3) is 10.1 Å². The summed E-state index contributed by atoms with van der Waals surface area (Å²) in [7, 11) is 1.59. The van der Waals surface area contributed by atoms with E-state index in [4.69, 9.17) is 21.1 Å². The molecule has 1 aromatic heterocycles. The summed E-state index contributed by atoms with van der Waals surface area (Å²) >= 11 is 7.73. The highest BCUT2D eigenvalue weighted by Crippen LogP contribution is 2.37. The standard InChI is InChI=1S/C21H19ClN2O4S/c1-27-15-5-6-16-17(12-15)29-19(18(16)22)20(25)23-14-4-2-3-13(11-14)21(26)24-7-9-28-10-8-24/h2-6,11-12H,7-10H2,1H3,(H,23,25). The maximum atomic E-state index is 12.8. The van der Waals surface area contributed by atoms with Gasteiger partial charge < -0.3 is 19.7 Å². The van der Waals surface area contributed by atoms with E-state index in [-0.39, 0.29) is 11.8 Å². The number of fused-ring (bicyclic) bond motifs is 1. The van der Waals surface area contributed by atoms with Gasteiger partial charge in [0.2, 0.25) is 0 Å². The molecule has 150 valence electrons. The summed E-state index contributed by atoms with van der Waals surface area (Å²) in [6, 6.07) is 12.4. The van der Waals surface area contributed by atoms with Crippen molar-refractivity contribution in [1.29, 1.82) is 0 Å². The van der Waals surface area contributed by atoms with Gasteiger partial charge in [0.1, 0.15) is 10.6 Å². The lowest BCUT2D eigenvalue weighted by Crippen LogP contribution is -2.40. The molecule has 0 atom stereocenters. The number of rotatable bonds is 4. The van der Waals surface area contributed by atoms with Crippen molar-refractivity contribution >= 4 is 50.5 Å².